The topological polar surface area (TPSA) is 92.5 Å². The first kappa shape index (κ1) is 14.1. The molecule has 0 aromatic carbocycles. The maximum Gasteiger partial charge on any atom is 0.155 e. The van der Waals surface area contributed by atoms with Gasteiger partial charge >= 0.3 is 0 Å². The Balaban J connectivity index is 1.61. The number of H-pyrrole nitrogens is 1. The van der Waals surface area contributed by atoms with E-state index in [1.165, 1.54) is 6.42 Å². The Morgan fingerprint density at radius 2 is 2.13 bits per heavy atom. The van der Waals surface area contributed by atoms with Gasteiger partial charge in [0.1, 0.15) is 11.5 Å². The van der Waals surface area contributed by atoms with Crippen molar-refractivity contribution in [1.82, 2.24) is 20.2 Å². The molecule has 0 aliphatic heterocycles. The molecule has 1 fully saturated rings. The standard InChI is InChI=1S/C17H20N6/c18-11-4-1-5-12(10-11)20-15-8-2-7-14(21-15)16-13-6-3-9-19-17(13)23-22-16/h2-3,6-9,11-12H,1,4-5,10,18H2,(H,20,21)(H,19,22,23). The van der Waals surface area contributed by atoms with Crippen molar-refractivity contribution in [3.63, 3.8) is 0 Å². The van der Waals surface area contributed by atoms with Gasteiger partial charge < -0.3 is 11.1 Å². The monoisotopic (exact) mass is 308 g/mol. The average Bonchev–Trinajstić information content (AvgIpc) is 2.99. The van der Waals surface area contributed by atoms with Gasteiger partial charge in [-0.1, -0.05) is 6.07 Å². The number of nitrogens with two attached hydrogens (primary N) is 1. The number of fused-ring (bicyclic) bond motifs is 1. The minimum Gasteiger partial charge on any atom is -0.367 e. The number of rotatable bonds is 3. The molecule has 1 saturated carbocycles. The van der Waals surface area contributed by atoms with Crippen LogP contribution in [0.25, 0.3) is 22.4 Å². The van der Waals surface area contributed by atoms with Gasteiger partial charge in [-0.2, -0.15) is 5.10 Å². The van der Waals surface area contributed by atoms with Crippen LogP contribution in [0.1, 0.15) is 25.7 Å². The summed E-state index contributed by atoms with van der Waals surface area (Å²) in [6.07, 6.45) is 6.20. The van der Waals surface area contributed by atoms with Gasteiger partial charge in [-0.25, -0.2) is 9.97 Å². The predicted molar refractivity (Wildman–Crippen MR) is 91.0 cm³/mol. The van der Waals surface area contributed by atoms with Crippen molar-refractivity contribution in [2.75, 3.05) is 5.32 Å². The summed E-state index contributed by atoms with van der Waals surface area (Å²) in [5.74, 6) is 0.877. The Kier molecular flexibility index (Phi) is 3.67. The van der Waals surface area contributed by atoms with Gasteiger partial charge in [0.2, 0.25) is 0 Å². The van der Waals surface area contributed by atoms with Crippen LogP contribution in [0.4, 0.5) is 5.82 Å². The molecule has 3 aromatic rings. The fraction of sp³-hybridized carbons (Fsp3) is 0.353. The molecule has 4 N–H and O–H groups in total. The Bertz CT molecular complexity index is 811. The molecule has 0 bridgehead atoms. The van der Waals surface area contributed by atoms with Crippen molar-refractivity contribution >= 4 is 16.9 Å². The molecular formula is C17H20N6. The normalized spacial score (nSPS) is 21.4. The highest BCUT2D eigenvalue weighted by atomic mass is 15.2. The van der Waals surface area contributed by atoms with E-state index in [1.54, 1.807) is 6.20 Å². The molecule has 0 amide bonds. The quantitative estimate of drug-likeness (QED) is 0.692. The summed E-state index contributed by atoms with van der Waals surface area (Å²) in [5, 5.41) is 11.8. The van der Waals surface area contributed by atoms with E-state index in [2.05, 4.69) is 20.5 Å². The van der Waals surface area contributed by atoms with Gasteiger partial charge in [0.25, 0.3) is 0 Å². The molecule has 0 spiro atoms. The Hall–Kier alpha value is -2.47. The second kappa shape index (κ2) is 5.96. The lowest BCUT2D eigenvalue weighted by Crippen LogP contribution is -2.35. The lowest BCUT2D eigenvalue weighted by molar-refractivity contribution is 0.409. The molecule has 118 valence electrons. The smallest absolute Gasteiger partial charge is 0.155 e. The van der Waals surface area contributed by atoms with Crippen LogP contribution >= 0.6 is 0 Å². The minimum atomic E-state index is 0.297. The second-order valence-corrected chi connectivity index (χ2v) is 6.15. The van der Waals surface area contributed by atoms with E-state index in [0.717, 1.165) is 47.5 Å². The maximum absolute atomic E-state index is 6.07. The zero-order valence-electron chi connectivity index (χ0n) is 12.9. The first-order chi connectivity index (χ1) is 11.3. The van der Waals surface area contributed by atoms with Gasteiger partial charge in [0.05, 0.1) is 5.69 Å². The van der Waals surface area contributed by atoms with E-state index >= 15 is 0 Å². The van der Waals surface area contributed by atoms with Crippen LogP contribution in [0.15, 0.2) is 36.5 Å². The van der Waals surface area contributed by atoms with Crippen molar-refractivity contribution in [2.45, 2.75) is 37.8 Å². The lowest BCUT2D eigenvalue weighted by atomic mass is 9.92. The fourth-order valence-electron chi connectivity index (χ4n) is 3.26. The Morgan fingerprint density at radius 3 is 3.04 bits per heavy atom. The van der Waals surface area contributed by atoms with E-state index in [1.807, 2.05) is 30.3 Å². The summed E-state index contributed by atoms with van der Waals surface area (Å²) < 4.78 is 0. The van der Waals surface area contributed by atoms with E-state index in [-0.39, 0.29) is 0 Å². The first-order valence-electron chi connectivity index (χ1n) is 8.08. The SMILES string of the molecule is NC1CCCC(Nc2cccc(-c3n[nH]c4ncccc34)n2)C1. The Labute approximate surface area is 134 Å². The number of nitrogens with one attached hydrogen (secondary N) is 2. The molecule has 1 aliphatic rings. The first-order valence-corrected chi connectivity index (χ1v) is 8.08. The number of hydrogen-bond donors (Lipinski definition) is 3. The average molecular weight is 308 g/mol. The molecule has 6 nitrogen and oxygen atoms in total. The highest BCUT2D eigenvalue weighted by Gasteiger charge is 2.19. The summed E-state index contributed by atoms with van der Waals surface area (Å²) >= 11 is 0. The number of pyridine rings is 2. The minimum absolute atomic E-state index is 0.297. The fourth-order valence-corrected chi connectivity index (χ4v) is 3.26. The summed E-state index contributed by atoms with van der Waals surface area (Å²) in [7, 11) is 0. The van der Waals surface area contributed by atoms with Crippen molar-refractivity contribution in [1.29, 1.82) is 0 Å². The third-order valence-electron chi connectivity index (χ3n) is 4.39. The molecule has 23 heavy (non-hydrogen) atoms. The number of nitrogens with zero attached hydrogens (tertiary/aromatic N) is 3. The molecule has 2 unspecified atom stereocenters. The number of anilines is 1. The van der Waals surface area contributed by atoms with Crippen LogP contribution in [-0.2, 0) is 0 Å². The zero-order valence-corrected chi connectivity index (χ0v) is 12.9. The van der Waals surface area contributed by atoms with Crippen molar-refractivity contribution < 1.29 is 0 Å². The highest BCUT2D eigenvalue weighted by Crippen LogP contribution is 2.25. The van der Waals surface area contributed by atoms with Crippen molar-refractivity contribution in [2.24, 2.45) is 5.73 Å². The molecular weight excluding hydrogens is 288 g/mol. The second-order valence-electron chi connectivity index (χ2n) is 6.15. The molecule has 4 rings (SSSR count). The van der Waals surface area contributed by atoms with Crippen LogP contribution in [0.5, 0.6) is 0 Å². The summed E-state index contributed by atoms with van der Waals surface area (Å²) in [6, 6.07) is 10.6. The largest absolute Gasteiger partial charge is 0.367 e. The number of aromatic nitrogens is 4. The van der Waals surface area contributed by atoms with Gasteiger partial charge in [-0.3, -0.25) is 5.10 Å². The van der Waals surface area contributed by atoms with Gasteiger partial charge in [0, 0.05) is 23.7 Å². The van der Waals surface area contributed by atoms with E-state index in [4.69, 9.17) is 10.7 Å². The number of hydrogen-bond acceptors (Lipinski definition) is 5. The predicted octanol–water partition coefficient (Wildman–Crippen LogP) is 2.70. The third kappa shape index (κ3) is 2.90. The molecule has 2 atom stereocenters. The van der Waals surface area contributed by atoms with Crippen LogP contribution in [0.2, 0.25) is 0 Å². The van der Waals surface area contributed by atoms with Gasteiger partial charge in [-0.15, -0.1) is 0 Å². The van der Waals surface area contributed by atoms with Crippen LogP contribution in [0.3, 0.4) is 0 Å². The van der Waals surface area contributed by atoms with Crippen molar-refractivity contribution in [3.8, 4) is 11.4 Å². The summed E-state index contributed by atoms with van der Waals surface area (Å²) in [5.41, 5.74) is 8.52. The molecule has 0 saturated heterocycles. The maximum atomic E-state index is 6.07. The molecule has 0 radical (unpaired) electrons. The Morgan fingerprint density at radius 1 is 1.17 bits per heavy atom. The van der Waals surface area contributed by atoms with E-state index in [9.17, 15) is 0 Å². The van der Waals surface area contributed by atoms with E-state index in [0.29, 0.717) is 12.1 Å². The zero-order chi connectivity index (χ0) is 15.6. The molecule has 3 aromatic heterocycles. The molecule has 3 heterocycles. The lowest BCUT2D eigenvalue weighted by Gasteiger charge is -2.27. The molecule has 1 aliphatic carbocycles. The van der Waals surface area contributed by atoms with Gasteiger partial charge in [0.15, 0.2) is 5.65 Å². The summed E-state index contributed by atoms with van der Waals surface area (Å²) in [4.78, 5) is 9.00. The van der Waals surface area contributed by atoms with Crippen LogP contribution < -0.4 is 11.1 Å². The van der Waals surface area contributed by atoms with Crippen LogP contribution in [0, 0.1) is 0 Å². The van der Waals surface area contributed by atoms with Gasteiger partial charge in [-0.05, 0) is 49.9 Å². The summed E-state index contributed by atoms with van der Waals surface area (Å²) in [6.45, 7) is 0. The molecule has 6 heteroatoms. The third-order valence-corrected chi connectivity index (χ3v) is 4.39. The van der Waals surface area contributed by atoms with Crippen molar-refractivity contribution in [3.05, 3.63) is 36.5 Å². The highest BCUT2D eigenvalue weighted by molar-refractivity contribution is 5.89. The number of aromatic amines is 1. The van der Waals surface area contributed by atoms with E-state index < -0.39 is 0 Å². The van der Waals surface area contributed by atoms with Crippen LogP contribution in [-0.4, -0.2) is 32.2 Å².